The van der Waals surface area contributed by atoms with E-state index in [2.05, 4.69) is 10.1 Å². The average molecular weight is 292 g/mol. The van der Waals surface area contributed by atoms with Crippen molar-refractivity contribution >= 4 is 11.8 Å². The minimum atomic E-state index is -0.459. The van der Waals surface area contributed by atoms with Gasteiger partial charge in [0.15, 0.2) is 5.82 Å². The van der Waals surface area contributed by atoms with Gasteiger partial charge in [-0.1, -0.05) is 23.4 Å². The van der Waals surface area contributed by atoms with Gasteiger partial charge in [-0.3, -0.25) is 0 Å². The zero-order valence-corrected chi connectivity index (χ0v) is 11.8. The lowest BCUT2D eigenvalue weighted by molar-refractivity contribution is -0.0149. The molecule has 0 radical (unpaired) electrons. The van der Waals surface area contributed by atoms with Gasteiger partial charge in [-0.05, 0) is 18.6 Å². The molecule has 3 rings (SSSR count). The van der Waals surface area contributed by atoms with Crippen LogP contribution >= 0.6 is 11.8 Å². The molecule has 0 aliphatic carbocycles. The Labute approximate surface area is 121 Å². The average Bonchev–Trinajstić information content (AvgIpc) is 2.95. The van der Waals surface area contributed by atoms with Crippen molar-refractivity contribution in [2.45, 2.75) is 29.1 Å². The van der Waals surface area contributed by atoms with Crippen LogP contribution in [0, 0.1) is 0 Å². The maximum absolute atomic E-state index is 9.93. The number of nitrogens with zero attached hydrogens (tertiary/aromatic N) is 2. The van der Waals surface area contributed by atoms with E-state index in [0.29, 0.717) is 37.1 Å². The summed E-state index contributed by atoms with van der Waals surface area (Å²) in [6.07, 6.45) is 0.153. The number of hydrogen-bond donors (Lipinski definition) is 1. The maximum atomic E-state index is 9.93. The number of aliphatic hydroxyl groups is 1. The third-order valence-corrected chi connectivity index (χ3v) is 4.24. The lowest BCUT2D eigenvalue weighted by Gasteiger charge is -2.24. The van der Waals surface area contributed by atoms with Crippen molar-refractivity contribution < 1.29 is 14.4 Å². The Kier molecular flexibility index (Phi) is 4.34. The number of benzene rings is 1. The molecule has 2 aromatic rings. The Balaban J connectivity index is 1.62. The standard InChI is InChI=1S/C14H16N2O3S/c17-12-6-7-18-8-11(12)14-15-13(16-19-14)9-20-10-4-2-1-3-5-10/h1-5,11-12,17H,6-9H2. The van der Waals surface area contributed by atoms with Crippen LogP contribution < -0.4 is 0 Å². The van der Waals surface area contributed by atoms with Gasteiger partial charge in [0.25, 0.3) is 0 Å². The summed E-state index contributed by atoms with van der Waals surface area (Å²) >= 11 is 1.66. The van der Waals surface area contributed by atoms with Crippen LogP contribution in [0.25, 0.3) is 0 Å². The topological polar surface area (TPSA) is 68.4 Å². The van der Waals surface area contributed by atoms with Gasteiger partial charge in [0, 0.05) is 11.5 Å². The second-order valence-electron chi connectivity index (χ2n) is 4.69. The molecular weight excluding hydrogens is 276 g/mol. The van der Waals surface area contributed by atoms with E-state index in [-0.39, 0.29) is 5.92 Å². The third-order valence-electron chi connectivity index (χ3n) is 3.23. The summed E-state index contributed by atoms with van der Waals surface area (Å²) in [5.74, 6) is 1.57. The van der Waals surface area contributed by atoms with E-state index >= 15 is 0 Å². The zero-order chi connectivity index (χ0) is 13.8. The van der Waals surface area contributed by atoms with Gasteiger partial charge in [-0.15, -0.1) is 11.8 Å². The van der Waals surface area contributed by atoms with E-state index in [0.717, 1.165) is 0 Å². The summed E-state index contributed by atoms with van der Waals surface area (Å²) in [4.78, 5) is 5.53. The molecule has 1 aliphatic heterocycles. The van der Waals surface area contributed by atoms with Crippen LogP contribution in [0.4, 0.5) is 0 Å². The summed E-state index contributed by atoms with van der Waals surface area (Å²) in [5.41, 5.74) is 0. The Morgan fingerprint density at radius 2 is 2.15 bits per heavy atom. The molecule has 1 aromatic heterocycles. The predicted octanol–water partition coefficient (Wildman–Crippen LogP) is 2.23. The number of thioether (sulfide) groups is 1. The van der Waals surface area contributed by atoms with E-state index in [4.69, 9.17) is 9.26 Å². The molecule has 1 N–H and O–H groups in total. The first-order valence-electron chi connectivity index (χ1n) is 6.59. The minimum Gasteiger partial charge on any atom is -0.392 e. The summed E-state index contributed by atoms with van der Waals surface area (Å²) in [5, 5.41) is 13.9. The van der Waals surface area contributed by atoms with E-state index in [1.165, 1.54) is 4.90 Å². The van der Waals surface area contributed by atoms with Gasteiger partial charge >= 0.3 is 0 Å². The normalized spacial score (nSPS) is 22.9. The molecule has 20 heavy (non-hydrogen) atoms. The second kappa shape index (κ2) is 6.39. The molecule has 1 aliphatic rings. The smallest absolute Gasteiger partial charge is 0.234 e. The van der Waals surface area contributed by atoms with Crippen molar-refractivity contribution in [3.63, 3.8) is 0 Å². The maximum Gasteiger partial charge on any atom is 0.234 e. The van der Waals surface area contributed by atoms with Crippen molar-refractivity contribution in [3.05, 3.63) is 42.0 Å². The summed E-state index contributed by atoms with van der Waals surface area (Å²) < 4.78 is 10.6. The largest absolute Gasteiger partial charge is 0.392 e. The highest BCUT2D eigenvalue weighted by Gasteiger charge is 2.30. The van der Waals surface area contributed by atoms with Gasteiger partial charge in [-0.25, -0.2) is 0 Å². The molecule has 106 valence electrons. The number of ether oxygens (including phenoxy) is 1. The van der Waals surface area contributed by atoms with Crippen molar-refractivity contribution in [2.24, 2.45) is 0 Å². The fourth-order valence-electron chi connectivity index (χ4n) is 2.10. The van der Waals surface area contributed by atoms with E-state index in [1.54, 1.807) is 11.8 Å². The van der Waals surface area contributed by atoms with Crippen molar-refractivity contribution in [1.82, 2.24) is 10.1 Å². The molecule has 0 bridgehead atoms. The quantitative estimate of drug-likeness (QED) is 0.872. The Bertz CT molecular complexity index is 546. The molecule has 0 saturated carbocycles. The SMILES string of the molecule is OC1CCOCC1c1nc(CSc2ccccc2)no1. The Hall–Kier alpha value is -1.37. The first kappa shape index (κ1) is 13.6. The van der Waals surface area contributed by atoms with Gasteiger partial charge < -0.3 is 14.4 Å². The molecule has 1 saturated heterocycles. The second-order valence-corrected chi connectivity index (χ2v) is 5.74. The van der Waals surface area contributed by atoms with Gasteiger partial charge in [0.05, 0.1) is 24.4 Å². The van der Waals surface area contributed by atoms with Crippen LogP contribution in [0.3, 0.4) is 0 Å². The number of aliphatic hydroxyl groups excluding tert-OH is 1. The lowest BCUT2D eigenvalue weighted by atomic mass is 9.99. The monoisotopic (exact) mass is 292 g/mol. The first-order valence-corrected chi connectivity index (χ1v) is 7.57. The molecule has 1 aromatic carbocycles. The molecule has 0 spiro atoms. The van der Waals surface area contributed by atoms with Gasteiger partial charge in [0.1, 0.15) is 0 Å². The summed E-state index contributed by atoms with van der Waals surface area (Å²) in [7, 11) is 0. The van der Waals surface area contributed by atoms with Crippen molar-refractivity contribution in [3.8, 4) is 0 Å². The van der Waals surface area contributed by atoms with Gasteiger partial charge in [-0.2, -0.15) is 4.98 Å². The van der Waals surface area contributed by atoms with Crippen LogP contribution in [0.2, 0.25) is 0 Å². The number of aromatic nitrogens is 2. The zero-order valence-electron chi connectivity index (χ0n) is 10.9. The molecule has 0 amide bonds. The highest BCUT2D eigenvalue weighted by atomic mass is 32.2. The van der Waals surface area contributed by atoms with Crippen LogP contribution in [0.15, 0.2) is 39.8 Å². The van der Waals surface area contributed by atoms with E-state index < -0.39 is 6.10 Å². The molecular formula is C14H16N2O3S. The summed E-state index contributed by atoms with van der Waals surface area (Å²) in [6.45, 7) is 1.02. The fraction of sp³-hybridized carbons (Fsp3) is 0.429. The summed E-state index contributed by atoms with van der Waals surface area (Å²) in [6, 6.07) is 10.1. The minimum absolute atomic E-state index is 0.202. The highest BCUT2D eigenvalue weighted by Crippen LogP contribution is 2.26. The van der Waals surface area contributed by atoms with Crippen molar-refractivity contribution in [2.75, 3.05) is 13.2 Å². The molecule has 2 unspecified atom stereocenters. The number of rotatable bonds is 4. The first-order chi connectivity index (χ1) is 9.83. The lowest BCUT2D eigenvalue weighted by Crippen LogP contribution is -2.30. The van der Waals surface area contributed by atoms with E-state index in [9.17, 15) is 5.11 Å². The molecule has 1 fully saturated rings. The highest BCUT2D eigenvalue weighted by molar-refractivity contribution is 7.98. The van der Waals surface area contributed by atoms with Gasteiger partial charge in [0.2, 0.25) is 5.89 Å². The van der Waals surface area contributed by atoms with Crippen LogP contribution in [0.1, 0.15) is 24.1 Å². The van der Waals surface area contributed by atoms with E-state index in [1.807, 2.05) is 30.3 Å². The predicted molar refractivity (Wildman–Crippen MR) is 74.5 cm³/mol. The third kappa shape index (κ3) is 3.20. The van der Waals surface area contributed by atoms with Crippen molar-refractivity contribution in [1.29, 1.82) is 0 Å². The Morgan fingerprint density at radius 3 is 2.95 bits per heavy atom. The van der Waals surface area contributed by atoms with Crippen LogP contribution in [0.5, 0.6) is 0 Å². The molecule has 2 heterocycles. The van der Waals surface area contributed by atoms with Crippen LogP contribution in [-0.4, -0.2) is 34.6 Å². The number of hydrogen-bond acceptors (Lipinski definition) is 6. The Morgan fingerprint density at radius 1 is 1.30 bits per heavy atom. The van der Waals surface area contributed by atoms with Crippen LogP contribution in [-0.2, 0) is 10.5 Å². The molecule has 6 heteroatoms. The fourth-order valence-corrected chi connectivity index (χ4v) is 2.87. The molecule has 2 atom stereocenters. The molecule has 5 nitrogen and oxygen atoms in total.